The monoisotopic (exact) mass is 383 g/mol. The number of hydrogen-bond donors (Lipinski definition) is 1. The van der Waals surface area contributed by atoms with E-state index in [1.54, 1.807) is 17.9 Å². The molecule has 6 nitrogen and oxygen atoms in total. The summed E-state index contributed by atoms with van der Waals surface area (Å²) in [5, 5.41) is 6.45. The number of aromatic nitrogens is 1. The summed E-state index contributed by atoms with van der Waals surface area (Å²) < 4.78 is 4.95. The fourth-order valence-electron chi connectivity index (χ4n) is 3.25. The lowest BCUT2D eigenvalue weighted by Gasteiger charge is -2.21. The minimum atomic E-state index is -0.263. The minimum absolute atomic E-state index is 0.0220. The first-order valence-corrected chi connectivity index (χ1v) is 10.2. The molecule has 0 aliphatic heterocycles. The molecule has 1 aliphatic rings. The largest absolute Gasteiger partial charge is 0.360 e. The van der Waals surface area contributed by atoms with Gasteiger partial charge < -0.3 is 14.7 Å². The Balaban J connectivity index is 1.57. The Morgan fingerprint density at radius 1 is 1.18 bits per heavy atom. The van der Waals surface area contributed by atoms with Gasteiger partial charge in [-0.1, -0.05) is 43.5 Å². The molecule has 1 N–H and O–H groups in total. The predicted octanol–water partition coefficient (Wildman–Crippen LogP) is 4.35. The Morgan fingerprint density at radius 3 is 2.54 bits per heavy atom. The van der Waals surface area contributed by atoms with Crippen molar-refractivity contribution in [3.8, 4) is 0 Å². The molecule has 0 unspecified atom stereocenters. The maximum absolute atomic E-state index is 12.9. The summed E-state index contributed by atoms with van der Waals surface area (Å²) in [6, 6.07) is 9.62. The van der Waals surface area contributed by atoms with Gasteiger partial charge in [-0.3, -0.25) is 9.59 Å². The van der Waals surface area contributed by atoms with E-state index in [1.807, 2.05) is 24.3 Å². The fourth-order valence-corrected chi connectivity index (χ4v) is 3.25. The fraction of sp³-hybridized carbons (Fsp3) is 0.500. The molecule has 0 spiro atoms. The smallest absolute Gasteiger partial charge is 0.254 e. The summed E-state index contributed by atoms with van der Waals surface area (Å²) in [6.45, 7) is 3.99. The minimum Gasteiger partial charge on any atom is -0.360 e. The first-order chi connectivity index (χ1) is 13.6. The standard InChI is InChI=1S/C22H29N3O3/c1-3-4-5-6-7-17-8-10-18(11-9-17)22(27)25(19-12-13-19)15-21(26)23-20-14-16(2)28-24-20/h8-11,14,19H,3-7,12-13,15H2,1-2H3,(H,23,24,26). The molecule has 0 atom stereocenters. The predicted molar refractivity (Wildman–Crippen MR) is 108 cm³/mol. The van der Waals surface area contributed by atoms with Crippen molar-refractivity contribution < 1.29 is 14.1 Å². The topological polar surface area (TPSA) is 75.4 Å². The Kier molecular flexibility index (Phi) is 6.85. The van der Waals surface area contributed by atoms with Crippen molar-refractivity contribution in [3.63, 3.8) is 0 Å². The van der Waals surface area contributed by atoms with Crippen molar-refractivity contribution in [2.45, 2.75) is 64.8 Å². The van der Waals surface area contributed by atoms with E-state index in [9.17, 15) is 9.59 Å². The van der Waals surface area contributed by atoms with Crippen LogP contribution in [0.25, 0.3) is 0 Å². The van der Waals surface area contributed by atoms with Crippen LogP contribution in [-0.4, -0.2) is 34.5 Å². The number of hydrogen-bond acceptors (Lipinski definition) is 4. The van der Waals surface area contributed by atoms with Crippen LogP contribution < -0.4 is 5.32 Å². The molecule has 150 valence electrons. The van der Waals surface area contributed by atoms with Gasteiger partial charge in [0, 0.05) is 17.7 Å². The highest BCUT2D eigenvalue weighted by atomic mass is 16.5. The van der Waals surface area contributed by atoms with Gasteiger partial charge in [0.2, 0.25) is 5.91 Å². The van der Waals surface area contributed by atoms with E-state index < -0.39 is 0 Å². The van der Waals surface area contributed by atoms with Gasteiger partial charge in [0.05, 0.1) is 0 Å². The summed E-state index contributed by atoms with van der Waals surface area (Å²) in [4.78, 5) is 26.9. The Labute approximate surface area is 166 Å². The van der Waals surface area contributed by atoms with E-state index in [-0.39, 0.29) is 24.4 Å². The van der Waals surface area contributed by atoms with E-state index in [0.717, 1.165) is 19.3 Å². The quantitative estimate of drug-likeness (QED) is 0.619. The van der Waals surface area contributed by atoms with E-state index in [1.165, 1.54) is 31.2 Å². The molecule has 3 rings (SSSR count). The van der Waals surface area contributed by atoms with E-state index >= 15 is 0 Å². The molecular weight excluding hydrogens is 354 g/mol. The highest BCUT2D eigenvalue weighted by molar-refractivity contribution is 5.99. The number of nitrogens with one attached hydrogen (secondary N) is 1. The zero-order valence-electron chi connectivity index (χ0n) is 16.7. The van der Waals surface area contributed by atoms with E-state index in [0.29, 0.717) is 17.1 Å². The van der Waals surface area contributed by atoms with Crippen LogP contribution in [0.3, 0.4) is 0 Å². The van der Waals surface area contributed by atoms with Crippen LogP contribution in [0.2, 0.25) is 0 Å². The number of rotatable bonds is 10. The molecule has 28 heavy (non-hydrogen) atoms. The highest BCUT2D eigenvalue weighted by Crippen LogP contribution is 2.28. The average Bonchev–Trinajstić information content (AvgIpc) is 3.45. The van der Waals surface area contributed by atoms with Gasteiger partial charge in [-0.2, -0.15) is 0 Å². The van der Waals surface area contributed by atoms with Crippen molar-refractivity contribution >= 4 is 17.6 Å². The van der Waals surface area contributed by atoms with Gasteiger partial charge in [-0.25, -0.2) is 0 Å². The second kappa shape index (κ2) is 9.53. The van der Waals surface area contributed by atoms with E-state index in [2.05, 4.69) is 17.4 Å². The lowest BCUT2D eigenvalue weighted by molar-refractivity contribution is -0.117. The van der Waals surface area contributed by atoms with Crippen molar-refractivity contribution in [2.75, 3.05) is 11.9 Å². The SMILES string of the molecule is CCCCCCc1ccc(C(=O)N(CC(=O)Nc2cc(C)on2)C2CC2)cc1. The van der Waals surface area contributed by atoms with Gasteiger partial charge in [0.25, 0.3) is 5.91 Å². The second-order valence-corrected chi connectivity index (χ2v) is 7.54. The molecule has 2 amide bonds. The third-order valence-electron chi connectivity index (χ3n) is 4.98. The van der Waals surface area contributed by atoms with Crippen LogP contribution in [0.4, 0.5) is 5.82 Å². The van der Waals surface area contributed by atoms with Gasteiger partial charge in [-0.05, 0) is 50.3 Å². The van der Waals surface area contributed by atoms with Crippen molar-refractivity contribution in [2.24, 2.45) is 0 Å². The van der Waals surface area contributed by atoms with Gasteiger partial charge in [0.1, 0.15) is 12.3 Å². The number of unbranched alkanes of at least 4 members (excludes halogenated alkanes) is 3. The Morgan fingerprint density at radius 2 is 1.93 bits per heavy atom. The number of anilines is 1. The van der Waals surface area contributed by atoms with Gasteiger partial charge >= 0.3 is 0 Å². The summed E-state index contributed by atoms with van der Waals surface area (Å²) in [6.07, 6.45) is 7.84. The zero-order chi connectivity index (χ0) is 19.9. The summed E-state index contributed by atoms with van der Waals surface area (Å²) in [5.41, 5.74) is 1.89. The molecular formula is C22H29N3O3. The molecule has 1 heterocycles. The Bertz CT molecular complexity index is 794. The number of amides is 2. The van der Waals surface area contributed by atoms with E-state index in [4.69, 9.17) is 4.52 Å². The van der Waals surface area contributed by atoms with Crippen LogP contribution in [-0.2, 0) is 11.2 Å². The number of aryl methyl sites for hydroxylation is 2. The number of carbonyl (C=O) groups is 2. The normalized spacial score (nSPS) is 13.4. The van der Waals surface area contributed by atoms with Crippen molar-refractivity contribution in [3.05, 3.63) is 47.2 Å². The number of nitrogens with zero attached hydrogens (tertiary/aromatic N) is 2. The van der Waals surface area contributed by atoms with Crippen LogP contribution in [0.15, 0.2) is 34.9 Å². The number of carbonyl (C=O) groups excluding carboxylic acids is 2. The first kappa shape index (κ1) is 20.1. The molecule has 2 aromatic rings. The third-order valence-corrected chi connectivity index (χ3v) is 4.98. The zero-order valence-corrected chi connectivity index (χ0v) is 16.7. The summed E-state index contributed by atoms with van der Waals surface area (Å²) in [7, 11) is 0. The molecule has 1 aromatic heterocycles. The average molecular weight is 383 g/mol. The van der Waals surface area contributed by atoms with Crippen LogP contribution in [0.1, 0.15) is 67.1 Å². The number of benzene rings is 1. The molecule has 1 aliphatic carbocycles. The highest BCUT2D eigenvalue weighted by Gasteiger charge is 2.34. The van der Waals surface area contributed by atoms with Gasteiger partial charge in [-0.15, -0.1) is 0 Å². The third kappa shape index (κ3) is 5.68. The first-order valence-electron chi connectivity index (χ1n) is 10.2. The molecule has 0 saturated heterocycles. The molecule has 6 heteroatoms. The molecule has 1 aromatic carbocycles. The summed E-state index contributed by atoms with van der Waals surface area (Å²) >= 11 is 0. The molecule has 1 fully saturated rings. The van der Waals surface area contributed by atoms with Crippen LogP contribution in [0, 0.1) is 6.92 Å². The maximum Gasteiger partial charge on any atom is 0.254 e. The van der Waals surface area contributed by atoms with Crippen molar-refractivity contribution in [1.29, 1.82) is 0 Å². The molecule has 1 saturated carbocycles. The van der Waals surface area contributed by atoms with Gasteiger partial charge in [0.15, 0.2) is 5.82 Å². The second-order valence-electron chi connectivity index (χ2n) is 7.54. The van der Waals surface area contributed by atoms with Crippen LogP contribution in [0.5, 0.6) is 0 Å². The van der Waals surface area contributed by atoms with Crippen molar-refractivity contribution in [1.82, 2.24) is 10.1 Å². The lowest BCUT2D eigenvalue weighted by Crippen LogP contribution is -2.39. The Hall–Kier alpha value is -2.63. The summed E-state index contributed by atoms with van der Waals surface area (Å²) in [5.74, 6) is 0.644. The lowest BCUT2D eigenvalue weighted by atomic mass is 10.0. The maximum atomic E-state index is 12.9. The molecule has 0 bridgehead atoms. The molecule has 0 radical (unpaired) electrons. The van der Waals surface area contributed by atoms with Crippen LogP contribution >= 0.6 is 0 Å².